The van der Waals surface area contributed by atoms with Crippen molar-refractivity contribution in [1.82, 2.24) is 10.2 Å². The van der Waals surface area contributed by atoms with E-state index in [1.807, 2.05) is 0 Å². The lowest BCUT2D eigenvalue weighted by Gasteiger charge is -2.37. The molecule has 0 aromatic heterocycles. The first-order valence-corrected chi connectivity index (χ1v) is 8.82. The van der Waals surface area contributed by atoms with Gasteiger partial charge in [0.2, 0.25) is 0 Å². The molecule has 3 heteroatoms. The van der Waals surface area contributed by atoms with Crippen molar-refractivity contribution >= 4 is 0 Å². The van der Waals surface area contributed by atoms with Crippen LogP contribution in [0.1, 0.15) is 58.3 Å². The summed E-state index contributed by atoms with van der Waals surface area (Å²) in [5, 5.41) is 3.74. The van der Waals surface area contributed by atoms with Crippen LogP contribution in [0.15, 0.2) is 0 Å². The summed E-state index contributed by atoms with van der Waals surface area (Å²) in [5.74, 6) is 0.670. The molecule has 1 saturated heterocycles. The topological polar surface area (TPSA) is 24.5 Å². The minimum absolute atomic E-state index is 0.664. The number of hydrogen-bond donors (Lipinski definition) is 1. The summed E-state index contributed by atoms with van der Waals surface area (Å²) < 4.78 is 5.74. The van der Waals surface area contributed by atoms with Crippen LogP contribution in [-0.2, 0) is 4.74 Å². The van der Waals surface area contributed by atoms with Crippen LogP contribution in [0.5, 0.6) is 0 Å². The molecule has 1 N–H and O–H groups in total. The number of rotatable bonds is 6. The second kappa shape index (κ2) is 9.01. The van der Waals surface area contributed by atoms with E-state index in [2.05, 4.69) is 24.2 Å². The van der Waals surface area contributed by atoms with Gasteiger partial charge in [-0.15, -0.1) is 0 Å². The van der Waals surface area contributed by atoms with Gasteiger partial charge in [0, 0.05) is 31.2 Å². The fourth-order valence-corrected chi connectivity index (χ4v) is 3.79. The predicted molar refractivity (Wildman–Crippen MR) is 85.1 cm³/mol. The van der Waals surface area contributed by atoms with Gasteiger partial charge in [0.15, 0.2) is 0 Å². The van der Waals surface area contributed by atoms with Gasteiger partial charge in [0.05, 0.1) is 6.61 Å². The summed E-state index contributed by atoms with van der Waals surface area (Å²) in [6, 6.07) is 1.48. The van der Waals surface area contributed by atoms with E-state index in [4.69, 9.17) is 4.74 Å². The number of nitrogens with one attached hydrogen (secondary N) is 1. The van der Waals surface area contributed by atoms with E-state index in [0.717, 1.165) is 25.8 Å². The van der Waals surface area contributed by atoms with Crippen molar-refractivity contribution in [3.05, 3.63) is 0 Å². The number of hydrogen-bond acceptors (Lipinski definition) is 3. The van der Waals surface area contributed by atoms with Crippen molar-refractivity contribution in [3.8, 4) is 0 Å². The number of ether oxygens (including phenoxy) is 1. The van der Waals surface area contributed by atoms with Crippen LogP contribution in [0.25, 0.3) is 0 Å². The summed E-state index contributed by atoms with van der Waals surface area (Å²) in [6.45, 7) is 6.48. The molecule has 0 spiro atoms. The van der Waals surface area contributed by atoms with Crippen molar-refractivity contribution in [2.24, 2.45) is 5.92 Å². The Kier molecular flexibility index (Phi) is 7.32. The van der Waals surface area contributed by atoms with Gasteiger partial charge >= 0.3 is 0 Å². The third-order valence-corrected chi connectivity index (χ3v) is 5.10. The highest BCUT2D eigenvalue weighted by Gasteiger charge is 2.28. The largest absolute Gasteiger partial charge is 0.381 e. The van der Waals surface area contributed by atoms with Gasteiger partial charge in [-0.25, -0.2) is 0 Å². The van der Waals surface area contributed by atoms with Crippen LogP contribution >= 0.6 is 0 Å². The Morgan fingerprint density at radius 2 is 1.85 bits per heavy atom. The summed E-state index contributed by atoms with van der Waals surface area (Å²) >= 11 is 0. The summed E-state index contributed by atoms with van der Waals surface area (Å²) in [4.78, 5) is 2.63. The molecule has 2 fully saturated rings. The smallest absolute Gasteiger partial charge is 0.0521 e. The second-order valence-corrected chi connectivity index (χ2v) is 6.77. The van der Waals surface area contributed by atoms with E-state index in [1.165, 1.54) is 57.9 Å². The van der Waals surface area contributed by atoms with Gasteiger partial charge < -0.3 is 15.0 Å². The van der Waals surface area contributed by atoms with Gasteiger partial charge in [-0.1, -0.05) is 32.6 Å². The summed E-state index contributed by atoms with van der Waals surface area (Å²) in [6.07, 6.45) is 10.9. The third-order valence-electron chi connectivity index (χ3n) is 5.10. The molecule has 1 aliphatic heterocycles. The molecule has 0 aromatic carbocycles. The van der Waals surface area contributed by atoms with Crippen molar-refractivity contribution in [2.75, 3.05) is 33.4 Å². The van der Waals surface area contributed by atoms with Crippen LogP contribution in [0.2, 0.25) is 0 Å². The normalized spacial score (nSPS) is 29.6. The first kappa shape index (κ1) is 16.3. The standard InChI is InChI=1S/C17H34N2O/c1-3-11-18-17-10-12-20-14-15(17)13-19(2)16-8-6-4-5-7-9-16/h15-18H,3-14H2,1-2H3. The quantitative estimate of drug-likeness (QED) is 0.758. The highest BCUT2D eigenvalue weighted by Crippen LogP contribution is 2.23. The molecule has 2 unspecified atom stereocenters. The Morgan fingerprint density at radius 3 is 2.55 bits per heavy atom. The molecule has 0 radical (unpaired) electrons. The van der Waals surface area contributed by atoms with Gasteiger partial charge in [0.25, 0.3) is 0 Å². The first-order valence-electron chi connectivity index (χ1n) is 8.82. The fraction of sp³-hybridized carbons (Fsp3) is 1.00. The molecule has 118 valence electrons. The molecule has 2 aliphatic rings. The number of nitrogens with zero attached hydrogens (tertiary/aromatic N) is 1. The molecule has 20 heavy (non-hydrogen) atoms. The lowest BCUT2D eigenvalue weighted by atomic mass is 9.94. The van der Waals surface area contributed by atoms with Crippen LogP contribution in [0.3, 0.4) is 0 Å². The predicted octanol–water partition coefficient (Wildman–Crippen LogP) is 3.05. The van der Waals surface area contributed by atoms with E-state index in [1.54, 1.807) is 0 Å². The van der Waals surface area contributed by atoms with Crippen LogP contribution in [0, 0.1) is 5.92 Å². The Morgan fingerprint density at radius 1 is 1.10 bits per heavy atom. The Bertz CT molecular complexity index is 251. The molecule has 1 aliphatic carbocycles. The lowest BCUT2D eigenvalue weighted by Crippen LogP contribution is -2.49. The van der Waals surface area contributed by atoms with Gasteiger partial charge in [-0.05, 0) is 39.3 Å². The highest BCUT2D eigenvalue weighted by molar-refractivity contribution is 4.83. The molecular formula is C17H34N2O. The van der Waals surface area contributed by atoms with Crippen molar-refractivity contribution in [2.45, 2.75) is 70.4 Å². The molecule has 0 bridgehead atoms. The lowest BCUT2D eigenvalue weighted by molar-refractivity contribution is 0.0136. The maximum absolute atomic E-state index is 5.74. The van der Waals surface area contributed by atoms with Gasteiger partial charge in [-0.3, -0.25) is 0 Å². The molecule has 3 nitrogen and oxygen atoms in total. The minimum atomic E-state index is 0.664. The molecule has 1 saturated carbocycles. The van der Waals surface area contributed by atoms with Gasteiger partial charge in [-0.2, -0.15) is 0 Å². The monoisotopic (exact) mass is 282 g/mol. The van der Waals surface area contributed by atoms with E-state index < -0.39 is 0 Å². The average molecular weight is 282 g/mol. The van der Waals surface area contributed by atoms with Crippen molar-refractivity contribution in [3.63, 3.8) is 0 Å². The Labute approximate surface area is 125 Å². The third kappa shape index (κ3) is 5.01. The molecule has 2 rings (SSSR count). The molecule has 1 heterocycles. The summed E-state index contributed by atoms with van der Waals surface area (Å²) in [7, 11) is 2.33. The maximum atomic E-state index is 5.74. The molecule has 0 amide bonds. The zero-order valence-electron chi connectivity index (χ0n) is 13.6. The van der Waals surface area contributed by atoms with Crippen LogP contribution in [-0.4, -0.2) is 50.3 Å². The second-order valence-electron chi connectivity index (χ2n) is 6.77. The SMILES string of the molecule is CCCNC1CCOCC1CN(C)C1CCCCCC1. The first-order chi connectivity index (χ1) is 9.81. The van der Waals surface area contributed by atoms with E-state index in [-0.39, 0.29) is 0 Å². The van der Waals surface area contributed by atoms with E-state index in [0.29, 0.717) is 12.0 Å². The minimum Gasteiger partial charge on any atom is -0.381 e. The Hall–Kier alpha value is -0.120. The van der Waals surface area contributed by atoms with E-state index in [9.17, 15) is 0 Å². The van der Waals surface area contributed by atoms with E-state index >= 15 is 0 Å². The molecule has 2 atom stereocenters. The average Bonchev–Trinajstić information content (AvgIpc) is 2.75. The zero-order valence-corrected chi connectivity index (χ0v) is 13.6. The Balaban J connectivity index is 1.81. The molecular weight excluding hydrogens is 248 g/mol. The maximum Gasteiger partial charge on any atom is 0.0521 e. The van der Waals surface area contributed by atoms with Crippen LogP contribution in [0.4, 0.5) is 0 Å². The van der Waals surface area contributed by atoms with Gasteiger partial charge in [0.1, 0.15) is 0 Å². The molecule has 0 aromatic rings. The van der Waals surface area contributed by atoms with Crippen molar-refractivity contribution < 1.29 is 4.74 Å². The van der Waals surface area contributed by atoms with Crippen molar-refractivity contribution in [1.29, 1.82) is 0 Å². The zero-order chi connectivity index (χ0) is 14.2. The highest BCUT2D eigenvalue weighted by atomic mass is 16.5. The fourth-order valence-electron chi connectivity index (χ4n) is 3.79. The summed E-state index contributed by atoms with van der Waals surface area (Å²) in [5.41, 5.74) is 0. The van der Waals surface area contributed by atoms with Crippen LogP contribution < -0.4 is 5.32 Å².